The molecule has 3 heterocycles. The molecule has 0 atom stereocenters. The van der Waals surface area contributed by atoms with Gasteiger partial charge in [-0.2, -0.15) is 0 Å². The van der Waals surface area contributed by atoms with Crippen molar-refractivity contribution in [2.75, 3.05) is 33.2 Å². The third-order valence-electron chi connectivity index (χ3n) is 4.90. The highest BCUT2D eigenvalue weighted by atomic mass is 35.5. The molecule has 4 rings (SSSR count). The van der Waals surface area contributed by atoms with E-state index in [0.717, 1.165) is 24.2 Å². The number of amides is 1. The number of nitrogens with zero attached hydrogens (tertiary/aromatic N) is 3. The van der Waals surface area contributed by atoms with Crippen LogP contribution in [0, 0.1) is 0 Å². The summed E-state index contributed by atoms with van der Waals surface area (Å²) in [6, 6.07) is 12.3. The number of hydrogen-bond acceptors (Lipinski definition) is 7. The van der Waals surface area contributed by atoms with Gasteiger partial charge in [-0.15, -0.1) is 0 Å². The molecule has 0 spiro atoms. The van der Waals surface area contributed by atoms with Gasteiger partial charge in [-0.1, -0.05) is 23.2 Å². The lowest BCUT2D eigenvalue weighted by atomic mass is 10.1. The van der Waals surface area contributed by atoms with Crippen LogP contribution in [0.1, 0.15) is 5.56 Å². The van der Waals surface area contributed by atoms with E-state index in [9.17, 15) is 4.79 Å². The minimum Gasteiger partial charge on any atom is -0.437 e. The lowest BCUT2D eigenvalue weighted by molar-refractivity contribution is 0.144. The predicted octanol–water partition coefficient (Wildman–Crippen LogP) is 4.37. The van der Waals surface area contributed by atoms with Crippen molar-refractivity contribution >= 4 is 29.3 Å². The van der Waals surface area contributed by atoms with Gasteiger partial charge in [0.05, 0.1) is 11.9 Å². The van der Waals surface area contributed by atoms with Crippen LogP contribution in [0.25, 0.3) is 11.3 Å². The molecule has 1 saturated heterocycles. The number of carbonyl (C=O) groups is 1. The van der Waals surface area contributed by atoms with E-state index in [4.69, 9.17) is 32.7 Å². The SMILES string of the molecule is CNCc1cc(Oc2ccc(OC(=O)N3CCNCC3)nc2)nc(-c2cc(Cl)cc(Cl)c2)c1. The summed E-state index contributed by atoms with van der Waals surface area (Å²) in [5, 5.41) is 7.36. The maximum Gasteiger partial charge on any atom is 0.416 e. The number of aromatic nitrogens is 2. The quantitative estimate of drug-likeness (QED) is 0.533. The maximum atomic E-state index is 12.2. The molecule has 0 unspecified atom stereocenters. The number of benzene rings is 1. The van der Waals surface area contributed by atoms with Gasteiger partial charge in [-0.05, 0) is 42.9 Å². The van der Waals surface area contributed by atoms with Gasteiger partial charge < -0.3 is 25.0 Å². The summed E-state index contributed by atoms with van der Waals surface area (Å²) in [6.07, 6.45) is 1.08. The number of pyridine rings is 2. The summed E-state index contributed by atoms with van der Waals surface area (Å²) in [5.41, 5.74) is 2.43. The molecule has 0 bridgehead atoms. The minimum atomic E-state index is -0.413. The first-order valence-electron chi connectivity index (χ1n) is 10.4. The monoisotopic (exact) mass is 487 g/mol. The first-order valence-corrected chi connectivity index (χ1v) is 11.2. The lowest BCUT2D eigenvalue weighted by Gasteiger charge is -2.26. The topological polar surface area (TPSA) is 88.6 Å². The fraction of sp³-hybridized carbons (Fsp3) is 0.261. The smallest absolute Gasteiger partial charge is 0.416 e. The number of ether oxygens (including phenoxy) is 2. The van der Waals surface area contributed by atoms with Crippen molar-refractivity contribution < 1.29 is 14.3 Å². The minimum absolute atomic E-state index is 0.206. The van der Waals surface area contributed by atoms with Gasteiger partial charge in [0.15, 0.2) is 0 Å². The Morgan fingerprint density at radius 3 is 2.52 bits per heavy atom. The van der Waals surface area contributed by atoms with Crippen LogP contribution >= 0.6 is 23.2 Å². The summed E-state index contributed by atoms with van der Waals surface area (Å²) in [7, 11) is 1.86. The third kappa shape index (κ3) is 6.33. The first kappa shape index (κ1) is 23.3. The molecule has 1 aliphatic heterocycles. The zero-order valence-electron chi connectivity index (χ0n) is 18.0. The molecular formula is C23H23Cl2N5O3. The van der Waals surface area contributed by atoms with Crippen LogP contribution in [0.2, 0.25) is 10.0 Å². The second-order valence-electron chi connectivity index (χ2n) is 7.43. The largest absolute Gasteiger partial charge is 0.437 e. The number of nitrogens with one attached hydrogen (secondary N) is 2. The van der Waals surface area contributed by atoms with Gasteiger partial charge in [-0.25, -0.2) is 14.8 Å². The zero-order chi connectivity index (χ0) is 23.2. The molecule has 0 radical (unpaired) electrons. The molecule has 1 aromatic carbocycles. The van der Waals surface area contributed by atoms with Crippen molar-refractivity contribution in [2.45, 2.75) is 6.54 Å². The van der Waals surface area contributed by atoms with Crippen LogP contribution in [0.4, 0.5) is 4.79 Å². The first-order chi connectivity index (χ1) is 16.0. The van der Waals surface area contributed by atoms with Crippen LogP contribution in [-0.2, 0) is 6.54 Å². The molecule has 172 valence electrons. The van der Waals surface area contributed by atoms with Crippen molar-refractivity contribution in [3.63, 3.8) is 0 Å². The number of hydrogen-bond donors (Lipinski definition) is 2. The van der Waals surface area contributed by atoms with Crippen LogP contribution in [0.5, 0.6) is 17.5 Å². The summed E-state index contributed by atoms with van der Waals surface area (Å²) >= 11 is 12.3. The van der Waals surface area contributed by atoms with Gasteiger partial charge in [-0.3, -0.25) is 0 Å². The molecule has 1 fully saturated rings. The third-order valence-corrected chi connectivity index (χ3v) is 5.34. The Bertz CT molecular complexity index is 1100. The van der Waals surface area contributed by atoms with E-state index in [1.165, 1.54) is 6.20 Å². The summed E-state index contributed by atoms with van der Waals surface area (Å²) < 4.78 is 11.3. The maximum absolute atomic E-state index is 12.2. The van der Waals surface area contributed by atoms with E-state index >= 15 is 0 Å². The molecule has 10 heteroatoms. The predicted molar refractivity (Wildman–Crippen MR) is 127 cm³/mol. The Morgan fingerprint density at radius 2 is 1.85 bits per heavy atom. The molecule has 1 aliphatic rings. The Kier molecular flexibility index (Phi) is 7.61. The molecule has 8 nitrogen and oxygen atoms in total. The Balaban J connectivity index is 1.50. The van der Waals surface area contributed by atoms with Gasteiger partial charge in [0.2, 0.25) is 11.8 Å². The molecule has 3 aromatic rings. The van der Waals surface area contributed by atoms with Crippen LogP contribution in [-0.4, -0.2) is 54.2 Å². The summed E-state index contributed by atoms with van der Waals surface area (Å²) in [5.74, 6) is 1.05. The molecule has 0 saturated carbocycles. The number of halogens is 2. The molecule has 1 amide bonds. The van der Waals surface area contributed by atoms with Crippen molar-refractivity contribution in [1.82, 2.24) is 25.5 Å². The van der Waals surface area contributed by atoms with E-state index < -0.39 is 6.09 Å². The standard InChI is InChI=1S/C23H23Cl2N5O3/c1-26-13-15-8-20(16-10-17(24)12-18(25)11-16)29-22(9-15)32-19-2-3-21(28-14-19)33-23(31)30-6-4-27-5-7-30/h2-3,8-12,14,26-27H,4-7,13H2,1H3. The average molecular weight is 488 g/mol. The molecule has 33 heavy (non-hydrogen) atoms. The highest BCUT2D eigenvalue weighted by Crippen LogP contribution is 2.30. The van der Waals surface area contributed by atoms with E-state index in [1.54, 1.807) is 35.2 Å². The van der Waals surface area contributed by atoms with Crippen molar-refractivity contribution in [2.24, 2.45) is 0 Å². The molecule has 2 aromatic heterocycles. The van der Waals surface area contributed by atoms with Crippen LogP contribution in [0.3, 0.4) is 0 Å². The second kappa shape index (κ2) is 10.8. The highest BCUT2D eigenvalue weighted by Gasteiger charge is 2.18. The fourth-order valence-electron chi connectivity index (χ4n) is 3.38. The average Bonchev–Trinajstić information content (AvgIpc) is 2.80. The Labute approximate surface area is 201 Å². The normalized spacial score (nSPS) is 13.6. The molecule has 0 aliphatic carbocycles. The number of rotatable bonds is 6. The highest BCUT2D eigenvalue weighted by molar-refractivity contribution is 6.35. The van der Waals surface area contributed by atoms with Gasteiger partial charge in [0, 0.05) is 60.5 Å². The van der Waals surface area contributed by atoms with Crippen molar-refractivity contribution in [1.29, 1.82) is 0 Å². The van der Waals surface area contributed by atoms with E-state index in [-0.39, 0.29) is 5.88 Å². The van der Waals surface area contributed by atoms with Gasteiger partial charge in [0.1, 0.15) is 5.75 Å². The van der Waals surface area contributed by atoms with E-state index in [2.05, 4.69) is 20.6 Å². The zero-order valence-corrected chi connectivity index (χ0v) is 19.5. The second-order valence-corrected chi connectivity index (χ2v) is 8.30. The Morgan fingerprint density at radius 1 is 1.09 bits per heavy atom. The van der Waals surface area contributed by atoms with E-state index in [0.29, 0.717) is 47.0 Å². The van der Waals surface area contributed by atoms with E-state index in [1.807, 2.05) is 19.2 Å². The summed E-state index contributed by atoms with van der Waals surface area (Å²) in [4.78, 5) is 22.7. The Hall–Kier alpha value is -2.91. The van der Waals surface area contributed by atoms with Crippen molar-refractivity contribution in [3.05, 3.63) is 64.3 Å². The lowest BCUT2D eigenvalue weighted by Crippen LogP contribution is -2.47. The fourth-order valence-corrected chi connectivity index (χ4v) is 3.90. The molecule has 2 N–H and O–H groups in total. The molecular weight excluding hydrogens is 465 g/mol. The number of carbonyl (C=O) groups excluding carboxylic acids is 1. The van der Waals surface area contributed by atoms with Crippen LogP contribution < -0.4 is 20.1 Å². The summed E-state index contributed by atoms with van der Waals surface area (Å²) in [6.45, 7) is 3.33. The van der Waals surface area contributed by atoms with Gasteiger partial charge >= 0.3 is 6.09 Å². The van der Waals surface area contributed by atoms with Gasteiger partial charge in [0.25, 0.3) is 0 Å². The van der Waals surface area contributed by atoms with Crippen LogP contribution in [0.15, 0.2) is 48.7 Å². The van der Waals surface area contributed by atoms with Crippen molar-refractivity contribution in [3.8, 4) is 28.8 Å². The number of piperazine rings is 1.